The second-order valence-corrected chi connectivity index (χ2v) is 8.95. The van der Waals surface area contributed by atoms with Gasteiger partial charge in [0.2, 0.25) is 11.1 Å². The molecule has 2 aromatic carbocycles. The molecule has 0 aliphatic carbocycles. The molecule has 0 saturated heterocycles. The number of rotatable bonds is 9. The van der Waals surface area contributed by atoms with Gasteiger partial charge in [0, 0.05) is 35.8 Å². The Bertz CT molecular complexity index is 1370. The molecule has 35 heavy (non-hydrogen) atoms. The van der Waals surface area contributed by atoms with Crippen LogP contribution in [0, 0.1) is 19.7 Å². The summed E-state index contributed by atoms with van der Waals surface area (Å²) in [4.78, 5) is 33.7. The maximum absolute atomic E-state index is 13.2. The average Bonchev–Trinajstić information content (AvgIpc) is 3.24. The minimum absolute atomic E-state index is 0.0808. The lowest BCUT2D eigenvalue weighted by Crippen LogP contribution is -2.35. The first-order chi connectivity index (χ1) is 16.9. The number of aryl methyl sites for hydroxylation is 2. The number of thioether (sulfide) groups is 1. The van der Waals surface area contributed by atoms with Crippen LogP contribution in [-0.4, -0.2) is 44.5 Å². The quantitative estimate of drug-likeness (QED) is 0.275. The van der Waals surface area contributed by atoms with Crippen molar-refractivity contribution < 1.29 is 14.0 Å². The number of nitrogens with zero attached hydrogens (tertiary/aromatic N) is 4. The van der Waals surface area contributed by atoms with E-state index in [4.69, 9.17) is 0 Å². The summed E-state index contributed by atoms with van der Waals surface area (Å²) in [6.07, 6.45) is 0.0808. The van der Waals surface area contributed by atoms with E-state index in [9.17, 15) is 14.0 Å². The number of hydrogen-bond donors (Lipinski definition) is 2. The lowest BCUT2D eigenvalue weighted by molar-refractivity contribution is -0.120. The van der Waals surface area contributed by atoms with Crippen LogP contribution in [0.25, 0.3) is 5.78 Å². The van der Waals surface area contributed by atoms with Gasteiger partial charge in [0.05, 0.1) is 6.42 Å². The van der Waals surface area contributed by atoms with Gasteiger partial charge in [0.1, 0.15) is 5.82 Å². The number of amides is 2. The van der Waals surface area contributed by atoms with E-state index in [1.165, 1.54) is 23.9 Å². The third kappa shape index (κ3) is 6.42. The zero-order valence-electron chi connectivity index (χ0n) is 19.4. The van der Waals surface area contributed by atoms with Crippen molar-refractivity contribution in [3.8, 4) is 0 Å². The molecule has 0 aliphatic rings. The topological polar surface area (TPSA) is 101 Å². The summed E-state index contributed by atoms with van der Waals surface area (Å²) in [5.41, 5.74) is 3.84. The molecule has 10 heteroatoms. The molecule has 0 saturated carbocycles. The largest absolute Gasteiger partial charge is 0.354 e. The minimum atomic E-state index is -0.377. The number of benzene rings is 2. The van der Waals surface area contributed by atoms with E-state index in [1.807, 2.05) is 38.1 Å². The highest BCUT2D eigenvalue weighted by Gasteiger charge is 2.13. The number of hydrogen-bond acceptors (Lipinski definition) is 6. The van der Waals surface area contributed by atoms with Gasteiger partial charge in [-0.2, -0.15) is 4.98 Å². The van der Waals surface area contributed by atoms with Crippen LogP contribution in [0.4, 0.5) is 4.39 Å². The molecule has 0 bridgehead atoms. The fraction of sp³-hybridized carbons (Fsp3) is 0.240. The van der Waals surface area contributed by atoms with E-state index in [1.54, 1.807) is 22.7 Å². The summed E-state index contributed by atoms with van der Waals surface area (Å²) >= 11 is 1.43. The molecule has 2 heterocycles. The van der Waals surface area contributed by atoms with Crippen LogP contribution in [0.2, 0.25) is 0 Å². The first kappa shape index (κ1) is 24.3. The maximum atomic E-state index is 13.2. The molecule has 0 spiro atoms. The molecular formula is C25H25FN6O2S. The van der Waals surface area contributed by atoms with Crippen LogP contribution in [0.1, 0.15) is 32.9 Å². The minimum Gasteiger partial charge on any atom is -0.354 e. The Balaban J connectivity index is 1.29. The Kier molecular flexibility index (Phi) is 7.71. The van der Waals surface area contributed by atoms with Crippen molar-refractivity contribution in [2.75, 3.05) is 13.1 Å². The van der Waals surface area contributed by atoms with E-state index in [2.05, 4.69) is 25.7 Å². The Morgan fingerprint density at radius 2 is 1.80 bits per heavy atom. The highest BCUT2D eigenvalue weighted by atomic mass is 32.2. The van der Waals surface area contributed by atoms with Gasteiger partial charge in [-0.25, -0.2) is 13.9 Å². The van der Waals surface area contributed by atoms with Gasteiger partial charge in [-0.05, 0) is 49.2 Å². The molecule has 2 amide bonds. The fourth-order valence-electron chi connectivity index (χ4n) is 3.59. The molecule has 4 aromatic rings. The smallest absolute Gasteiger partial charge is 0.253 e. The lowest BCUT2D eigenvalue weighted by Gasteiger charge is -2.10. The Labute approximate surface area is 206 Å². The Morgan fingerprint density at radius 1 is 1.00 bits per heavy atom. The predicted octanol–water partition coefficient (Wildman–Crippen LogP) is 3.26. The molecule has 180 valence electrons. The Hall–Kier alpha value is -3.79. The number of carbonyl (C=O) groups excluding carboxylic acids is 2. The van der Waals surface area contributed by atoms with Crippen LogP contribution >= 0.6 is 11.8 Å². The van der Waals surface area contributed by atoms with Gasteiger partial charge in [0.25, 0.3) is 11.7 Å². The molecule has 0 unspecified atom stereocenters. The standard InChI is InChI=1S/C25H25FN6O2S/c1-16-12-17(2)32-24(29-16)30-25(31-32)35-15-19-7-3-4-9-21(19)23(34)28-11-10-27-22(33)14-18-6-5-8-20(26)13-18/h3-9,12-13H,10-11,14-15H2,1-2H3,(H,27,33)(H,28,34). The molecule has 0 atom stereocenters. The van der Waals surface area contributed by atoms with E-state index in [-0.39, 0.29) is 37.1 Å². The van der Waals surface area contributed by atoms with Crippen molar-refractivity contribution in [2.45, 2.75) is 31.2 Å². The molecule has 8 nitrogen and oxygen atoms in total. The first-order valence-electron chi connectivity index (χ1n) is 11.1. The van der Waals surface area contributed by atoms with Gasteiger partial charge < -0.3 is 10.6 Å². The second kappa shape index (κ2) is 11.1. The average molecular weight is 493 g/mol. The SMILES string of the molecule is Cc1cc(C)n2nc(SCc3ccccc3C(=O)NCCNC(=O)Cc3cccc(F)c3)nc2n1. The maximum Gasteiger partial charge on any atom is 0.253 e. The molecule has 2 N–H and O–H groups in total. The molecule has 4 rings (SSSR count). The lowest BCUT2D eigenvalue weighted by atomic mass is 10.1. The molecule has 0 fully saturated rings. The van der Waals surface area contributed by atoms with Crippen molar-refractivity contribution in [1.29, 1.82) is 0 Å². The summed E-state index contributed by atoms with van der Waals surface area (Å²) in [5.74, 6) is 0.231. The van der Waals surface area contributed by atoms with Crippen molar-refractivity contribution in [2.24, 2.45) is 0 Å². The van der Waals surface area contributed by atoms with Crippen LogP contribution < -0.4 is 10.6 Å². The zero-order valence-corrected chi connectivity index (χ0v) is 20.2. The van der Waals surface area contributed by atoms with Gasteiger partial charge >= 0.3 is 0 Å². The normalized spacial score (nSPS) is 10.9. The summed E-state index contributed by atoms with van der Waals surface area (Å²) < 4.78 is 15.0. The molecule has 0 radical (unpaired) electrons. The summed E-state index contributed by atoms with van der Waals surface area (Å²) in [7, 11) is 0. The third-order valence-electron chi connectivity index (χ3n) is 5.20. The summed E-state index contributed by atoms with van der Waals surface area (Å²) in [6, 6.07) is 15.2. The zero-order chi connectivity index (χ0) is 24.8. The van der Waals surface area contributed by atoms with Crippen molar-refractivity contribution in [3.05, 3.63) is 88.5 Å². The first-order valence-corrected chi connectivity index (χ1v) is 12.1. The van der Waals surface area contributed by atoms with E-state index in [0.717, 1.165) is 17.0 Å². The van der Waals surface area contributed by atoms with Gasteiger partial charge in [-0.1, -0.05) is 42.1 Å². The summed E-state index contributed by atoms with van der Waals surface area (Å²) in [5, 5.41) is 10.7. The number of carbonyl (C=O) groups is 2. The van der Waals surface area contributed by atoms with Crippen molar-refractivity contribution >= 4 is 29.4 Å². The molecule has 0 aliphatic heterocycles. The predicted molar refractivity (Wildman–Crippen MR) is 132 cm³/mol. The highest BCUT2D eigenvalue weighted by Crippen LogP contribution is 2.22. The number of aromatic nitrogens is 4. The number of nitrogens with one attached hydrogen (secondary N) is 2. The van der Waals surface area contributed by atoms with Crippen LogP contribution in [0.15, 0.2) is 59.8 Å². The Morgan fingerprint density at radius 3 is 2.63 bits per heavy atom. The van der Waals surface area contributed by atoms with Gasteiger partial charge in [0.15, 0.2) is 0 Å². The second-order valence-electron chi connectivity index (χ2n) is 8.00. The van der Waals surface area contributed by atoms with E-state index in [0.29, 0.717) is 27.8 Å². The highest BCUT2D eigenvalue weighted by molar-refractivity contribution is 7.98. The molecular weight excluding hydrogens is 467 g/mol. The van der Waals surface area contributed by atoms with Crippen molar-refractivity contribution in [1.82, 2.24) is 30.2 Å². The number of fused-ring (bicyclic) bond motifs is 1. The van der Waals surface area contributed by atoms with Gasteiger partial charge in [-0.3, -0.25) is 9.59 Å². The fourth-order valence-corrected chi connectivity index (χ4v) is 4.41. The van der Waals surface area contributed by atoms with Crippen LogP contribution in [0.3, 0.4) is 0 Å². The van der Waals surface area contributed by atoms with E-state index < -0.39 is 0 Å². The van der Waals surface area contributed by atoms with Gasteiger partial charge in [-0.15, -0.1) is 5.10 Å². The summed E-state index contributed by atoms with van der Waals surface area (Å²) in [6.45, 7) is 4.41. The molecule has 2 aromatic heterocycles. The van der Waals surface area contributed by atoms with E-state index >= 15 is 0 Å². The monoisotopic (exact) mass is 492 g/mol. The van der Waals surface area contributed by atoms with Crippen LogP contribution in [-0.2, 0) is 17.0 Å². The number of halogens is 1. The van der Waals surface area contributed by atoms with Crippen LogP contribution in [0.5, 0.6) is 0 Å². The van der Waals surface area contributed by atoms with Crippen molar-refractivity contribution in [3.63, 3.8) is 0 Å². The third-order valence-corrected chi connectivity index (χ3v) is 6.09.